The van der Waals surface area contributed by atoms with Crippen LogP contribution in [0.1, 0.15) is 5.56 Å². The Morgan fingerprint density at radius 3 is 2.90 bits per heavy atom. The van der Waals surface area contributed by atoms with E-state index in [-0.39, 0.29) is 5.56 Å². The van der Waals surface area contributed by atoms with Gasteiger partial charge in [0.2, 0.25) is 0 Å². The standard InChI is InChI=1S/C15H21N3O2/c1-20-11-6-16-12-14-5-8-17(13-14)9-10-18-7-3-2-4-15(18)19/h2-5,7-8,13,16H,6,9-12H2,1H3. The van der Waals surface area contributed by atoms with E-state index in [1.165, 1.54) is 5.56 Å². The minimum absolute atomic E-state index is 0.0427. The van der Waals surface area contributed by atoms with Crippen LogP contribution in [-0.2, 0) is 24.4 Å². The zero-order valence-electron chi connectivity index (χ0n) is 11.8. The molecule has 0 radical (unpaired) electrons. The fourth-order valence-electron chi connectivity index (χ4n) is 2.01. The number of nitrogens with zero attached hydrogens (tertiary/aromatic N) is 2. The van der Waals surface area contributed by atoms with Crippen LogP contribution < -0.4 is 10.9 Å². The summed E-state index contributed by atoms with van der Waals surface area (Å²) in [7, 11) is 1.70. The van der Waals surface area contributed by atoms with Crippen LogP contribution in [0.15, 0.2) is 47.7 Å². The van der Waals surface area contributed by atoms with Crippen molar-refractivity contribution < 1.29 is 4.74 Å². The van der Waals surface area contributed by atoms with Crippen LogP contribution in [0.4, 0.5) is 0 Å². The van der Waals surface area contributed by atoms with E-state index >= 15 is 0 Å². The second kappa shape index (κ2) is 7.67. The second-order valence-corrected chi connectivity index (χ2v) is 4.66. The SMILES string of the molecule is COCCNCc1ccn(CCn2ccccc2=O)c1. The van der Waals surface area contributed by atoms with Gasteiger partial charge >= 0.3 is 0 Å². The van der Waals surface area contributed by atoms with E-state index in [2.05, 4.69) is 22.1 Å². The molecule has 5 heteroatoms. The van der Waals surface area contributed by atoms with Gasteiger partial charge in [-0.3, -0.25) is 4.79 Å². The van der Waals surface area contributed by atoms with Crippen molar-refractivity contribution in [2.45, 2.75) is 19.6 Å². The molecular weight excluding hydrogens is 254 g/mol. The van der Waals surface area contributed by atoms with Gasteiger partial charge in [-0.1, -0.05) is 6.07 Å². The Kier molecular flexibility index (Phi) is 5.58. The highest BCUT2D eigenvalue weighted by Gasteiger charge is 1.98. The highest BCUT2D eigenvalue weighted by molar-refractivity contribution is 5.09. The first-order chi connectivity index (χ1) is 9.79. The quantitative estimate of drug-likeness (QED) is 0.734. The van der Waals surface area contributed by atoms with E-state index in [1.807, 2.05) is 18.5 Å². The molecule has 0 unspecified atom stereocenters. The lowest BCUT2D eigenvalue weighted by Crippen LogP contribution is -2.20. The Hall–Kier alpha value is -1.85. The molecule has 20 heavy (non-hydrogen) atoms. The van der Waals surface area contributed by atoms with Crippen molar-refractivity contribution in [3.63, 3.8) is 0 Å². The fraction of sp³-hybridized carbons (Fsp3) is 0.400. The molecule has 0 aliphatic rings. The number of ether oxygens (including phenoxy) is 1. The maximum atomic E-state index is 11.6. The number of aromatic nitrogens is 2. The van der Waals surface area contributed by atoms with Crippen molar-refractivity contribution in [3.05, 3.63) is 58.8 Å². The molecule has 108 valence electrons. The molecule has 0 amide bonds. The van der Waals surface area contributed by atoms with E-state index < -0.39 is 0 Å². The summed E-state index contributed by atoms with van der Waals surface area (Å²) in [5.74, 6) is 0. The molecule has 0 atom stereocenters. The Labute approximate surface area is 118 Å². The molecule has 0 aromatic carbocycles. The van der Waals surface area contributed by atoms with Crippen LogP contribution in [-0.4, -0.2) is 29.4 Å². The van der Waals surface area contributed by atoms with E-state index in [1.54, 1.807) is 23.8 Å². The first kappa shape index (κ1) is 14.6. The van der Waals surface area contributed by atoms with Crippen molar-refractivity contribution >= 4 is 0 Å². The lowest BCUT2D eigenvalue weighted by atomic mass is 10.3. The Balaban J connectivity index is 1.81. The maximum absolute atomic E-state index is 11.6. The molecule has 2 aromatic rings. The minimum atomic E-state index is 0.0427. The van der Waals surface area contributed by atoms with Crippen molar-refractivity contribution in [1.29, 1.82) is 0 Å². The van der Waals surface area contributed by atoms with Crippen molar-refractivity contribution in [3.8, 4) is 0 Å². The van der Waals surface area contributed by atoms with Crippen molar-refractivity contribution in [2.75, 3.05) is 20.3 Å². The average molecular weight is 275 g/mol. The third-order valence-corrected chi connectivity index (χ3v) is 3.12. The van der Waals surface area contributed by atoms with Gasteiger partial charge < -0.3 is 19.2 Å². The number of aryl methyl sites for hydroxylation is 2. The maximum Gasteiger partial charge on any atom is 0.250 e. The molecule has 0 saturated carbocycles. The molecule has 0 aliphatic heterocycles. The number of pyridine rings is 1. The lowest BCUT2D eigenvalue weighted by molar-refractivity contribution is 0.199. The van der Waals surface area contributed by atoms with Crippen LogP contribution in [0.25, 0.3) is 0 Å². The van der Waals surface area contributed by atoms with Gasteiger partial charge in [0.1, 0.15) is 0 Å². The average Bonchev–Trinajstić information content (AvgIpc) is 2.91. The molecule has 5 nitrogen and oxygen atoms in total. The predicted octanol–water partition coefficient (Wildman–Crippen LogP) is 1.09. The van der Waals surface area contributed by atoms with E-state index in [4.69, 9.17) is 4.74 Å². The Morgan fingerprint density at radius 1 is 1.20 bits per heavy atom. The van der Waals surface area contributed by atoms with Crippen molar-refractivity contribution in [2.24, 2.45) is 0 Å². The largest absolute Gasteiger partial charge is 0.383 e. The first-order valence-electron chi connectivity index (χ1n) is 6.79. The Morgan fingerprint density at radius 2 is 2.10 bits per heavy atom. The van der Waals surface area contributed by atoms with Crippen LogP contribution in [0, 0.1) is 0 Å². The second-order valence-electron chi connectivity index (χ2n) is 4.66. The van der Waals surface area contributed by atoms with Gasteiger partial charge in [-0.05, 0) is 17.7 Å². The van der Waals surface area contributed by atoms with Crippen LogP contribution in [0.2, 0.25) is 0 Å². The summed E-state index contributed by atoms with van der Waals surface area (Å²) in [6, 6.07) is 7.31. The summed E-state index contributed by atoms with van der Waals surface area (Å²) < 4.78 is 8.81. The van der Waals surface area contributed by atoms with Gasteiger partial charge in [0, 0.05) is 57.9 Å². The molecule has 0 bridgehead atoms. The molecule has 2 aromatic heterocycles. The molecule has 1 N–H and O–H groups in total. The molecule has 0 aliphatic carbocycles. The zero-order chi connectivity index (χ0) is 14.2. The number of rotatable bonds is 8. The number of nitrogens with one attached hydrogen (secondary N) is 1. The smallest absolute Gasteiger partial charge is 0.250 e. The summed E-state index contributed by atoms with van der Waals surface area (Å²) in [5, 5.41) is 3.31. The highest BCUT2D eigenvalue weighted by atomic mass is 16.5. The lowest BCUT2D eigenvalue weighted by Gasteiger charge is -2.06. The van der Waals surface area contributed by atoms with Gasteiger partial charge in [0.15, 0.2) is 0 Å². The molecule has 0 saturated heterocycles. The fourth-order valence-corrected chi connectivity index (χ4v) is 2.01. The summed E-state index contributed by atoms with van der Waals surface area (Å²) in [5.41, 5.74) is 1.28. The summed E-state index contributed by atoms with van der Waals surface area (Å²) >= 11 is 0. The molecule has 2 rings (SSSR count). The number of hydrogen-bond acceptors (Lipinski definition) is 3. The molecule has 0 spiro atoms. The van der Waals surface area contributed by atoms with E-state index in [0.717, 1.165) is 26.2 Å². The molecular formula is C15H21N3O2. The van der Waals surface area contributed by atoms with Crippen LogP contribution in [0.3, 0.4) is 0 Å². The summed E-state index contributed by atoms with van der Waals surface area (Å²) in [6.07, 6.45) is 5.97. The summed E-state index contributed by atoms with van der Waals surface area (Å²) in [6.45, 7) is 3.88. The van der Waals surface area contributed by atoms with Gasteiger partial charge in [0.25, 0.3) is 5.56 Å². The molecule has 0 fully saturated rings. The third-order valence-electron chi connectivity index (χ3n) is 3.12. The topological polar surface area (TPSA) is 48.2 Å². The van der Waals surface area contributed by atoms with E-state index in [0.29, 0.717) is 6.54 Å². The number of hydrogen-bond donors (Lipinski definition) is 1. The zero-order valence-corrected chi connectivity index (χ0v) is 11.8. The monoisotopic (exact) mass is 275 g/mol. The van der Waals surface area contributed by atoms with Crippen LogP contribution >= 0.6 is 0 Å². The van der Waals surface area contributed by atoms with Gasteiger partial charge in [-0.15, -0.1) is 0 Å². The normalized spacial score (nSPS) is 10.8. The van der Waals surface area contributed by atoms with Crippen molar-refractivity contribution in [1.82, 2.24) is 14.5 Å². The molecule has 2 heterocycles. The summed E-state index contributed by atoms with van der Waals surface area (Å²) in [4.78, 5) is 11.6. The highest BCUT2D eigenvalue weighted by Crippen LogP contribution is 2.01. The minimum Gasteiger partial charge on any atom is -0.383 e. The Bertz CT molecular complexity index is 574. The number of methoxy groups -OCH3 is 1. The van der Waals surface area contributed by atoms with Crippen LogP contribution in [0.5, 0.6) is 0 Å². The van der Waals surface area contributed by atoms with Gasteiger partial charge in [-0.2, -0.15) is 0 Å². The van der Waals surface area contributed by atoms with Gasteiger partial charge in [-0.25, -0.2) is 0 Å². The van der Waals surface area contributed by atoms with E-state index in [9.17, 15) is 4.79 Å². The van der Waals surface area contributed by atoms with Gasteiger partial charge in [0.05, 0.1) is 6.61 Å². The predicted molar refractivity (Wildman–Crippen MR) is 78.7 cm³/mol. The first-order valence-corrected chi connectivity index (χ1v) is 6.79. The third kappa shape index (κ3) is 4.36.